The minimum Gasteiger partial charge on any atom is -0.304 e. The molecule has 0 aromatic heterocycles. The van der Waals surface area contributed by atoms with E-state index in [0.717, 1.165) is 24.7 Å². The summed E-state index contributed by atoms with van der Waals surface area (Å²) in [5, 5.41) is 0.812. The molecule has 0 atom stereocenters. The Kier molecular flexibility index (Phi) is 4.22. The highest BCUT2D eigenvalue weighted by Gasteiger charge is 2.13. The summed E-state index contributed by atoms with van der Waals surface area (Å²) in [5.41, 5.74) is 1.21. The second kappa shape index (κ2) is 5.67. The number of benzene rings is 1. The van der Waals surface area contributed by atoms with E-state index in [9.17, 15) is 0 Å². The Hall–Kier alpha value is -0.570. The summed E-state index contributed by atoms with van der Waals surface area (Å²) in [6, 6.07) is 8.02. The molecule has 0 N–H and O–H groups in total. The summed E-state index contributed by atoms with van der Waals surface area (Å²) in [5.74, 6) is 0. The molecule has 87 valence electrons. The monoisotopic (exact) mass is 237 g/mol. The van der Waals surface area contributed by atoms with Crippen LogP contribution in [0.3, 0.4) is 0 Å². The van der Waals surface area contributed by atoms with E-state index < -0.39 is 0 Å². The smallest absolute Gasteiger partial charge is 0.0408 e. The van der Waals surface area contributed by atoms with E-state index in [0.29, 0.717) is 0 Å². The van der Waals surface area contributed by atoms with Crippen LogP contribution in [0, 0.1) is 6.42 Å². The SMILES string of the molecule is CN1CCN(C[CH]c2cccc(Cl)c2)CC1. The van der Waals surface area contributed by atoms with Gasteiger partial charge >= 0.3 is 0 Å². The Morgan fingerprint density at radius 2 is 2.00 bits per heavy atom. The lowest BCUT2D eigenvalue weighted by Crippen LogP contribution is -2.44. The van der Waals surface area contributed by atoms with Crippen molar-refractivity contribution in [3.63, 3.8) is 0 Å². The van der Waals surface area contributed by atoms with E-state index in [4.69, 9.17) is 11.6 Å². The first-order chi connectivity index (χ1) is 7.74. The van der Waals surface area contributed by atoms with Gasteiger partial charge in [0.1, 0.15) is 0 Å². The predicted octanol–water partition coefficient (Wildman–Crippen LogP) is 2.14. The van der Waals surface area contributed by atoms with E-state index in [1.807, 2.05) is 18.2 Å². The van der Waals surface area contributed by atoms with Gasteiger partial charge in [0.2, 0.25) is 0 Å². The molecule has 2 nitrogen and oxygen atoms in total. The number of likely N-dealkylation sites (N-methyl/N-ethyl adjacent to an activating group) is 1. The second-order valence-corrected chi connectivity index (χ2v) is 4.80. The molecule has 16 heavy (non-hydrogen) atoms. The Morgan fingerprint density at radius 1 is 1.25 bits per heavy atom. The summed E-state index contributed by atoms with van der Waals surface area (Å²) in [6.45, 7) is 5.68. The van der Waals surface area contributed by atoms with E-state index in [1.165, 1.54) is 18.7 Å². The third-order valence-electron chi connectivity index (χ3n) is 3.03. The summed E-state index contributed by atoms with van der Waals surface area (Å²) >= 11 is 5.95. The lowest BCUT2D eigenvalue weighted by atomic mass is 10.1. The molecule has 1 radical (unpaired) electrons. The zero-order valence-corrected chi connectivity index (χ0v) is 10.5. The first kappa shape index (κ1) is 11.9. The van der Waals surface area contributed by atoms with Gasteiger partial charge in [-0.05, 0) is 24.7 Å². The molecule has 0 spiro atoms. The molecular weight excluding hydrogens is 220 g/mol. The van der Waals surface area contributed by atoms with E-state index >= 15 is 0 Å². The summed E-state index contributed by atoms with van der Waals surface area (Å²) in [4.78, 5) is 4.84. The molecule has 2 rings (SSSR count). The molecular formula is C13H18ClN2. The van der Waals surface area contributed by atoms with Crippen LogP contribution in [-0.4, -0.2) is 49.6 Å². The third-order valence-corrected chi connectivity index (χ3v) is 3.26. The van der Waals surface area contributed by atoms with Crippen LogP contribution >= 0.6 is 11.6 Å². The van der Waals surface area contributed by atoms with Gasteiger partial charge in [-0.2, -0.15) is 0 Å². The van der Waals surface area contributed by atoms with Crippen LogP contribution < -0.4 is 0 Å². The molecule has 0 bridgehead atoms. The maximum Gasteiger partial charge on any atom is 0.0408 e. The number of hydrogen-bond donors (Lipinski definition) is 0. The van der Waals surface area contributed by atoms with Crippen LogP contribution in [0.25, 0.3) is 0 Å². The lowest BCUT2D eigenvalue weighted by molar-refractivity contribution is 0.164. The minimum atomic E-state index is 0.812. The molecule has 0 amide bonds. The van der Waals surface area contributed by atoms with Crippen LogP contribution in [0.4, 0.5) is 0 Å². The molecule has 1 fully saturated rings. The fourth-order valence-electron chi connectivity index (χ4n) is 1.90. The number of halogens is 1. The Balaban J connectivity index is 1.79. The zero-order chi connectivity index (χ0) is 11.4. The molecule has 3 heteroatoms. The van der Waals surface area contributed by atoms with Gasteiger partial charge < -0.3 is 9.80 Å². The molecule has 1 aliphatic heterocycles. The molecule has 1 aliphatic rings. The number of rotatable bonds is 3. The van der Waals surface area contributed by atoms with Crippen molar-refractivity contribution in [3.8, 4) is 0 Å². The maximum absolute atomic E-state index is 5.95. The van der Waals surface area contributed by atoms with Crippen molar-refractivity contribution < 1.29 is 0 Å². The quantitative estimate of drug-likeness (QED) is 0.795. The fourth-order valence-corrected chi connectivity index (χ4v) is 2.10. The number of nitrogens with zero attached hydrogens (tertiary/aromatic N) is 2. The molecule has 0 unspecified atom stereocenters. The highest BCUT2D eigenvalue weighted by molar-refractivity contribution is 6.30. The lowest BCUT2D eigenvalue weighted by Gasteiger charge is -2.32. The highest BCUT2D eigenvalue weighted by atomic mass is 35.5. The van der Waals surface area contributed by atoms with Crippen molar-refractivity contribution in [3.05, 3.63) is 41.3 Å². The first-order valence-electron chi connectivity index (χ1n) is 5.74. The average molecular weight is 238 g/mol. The van der Waals surface area contributed by atoms with Gasteiger partial charge in [0.15, 0.2) is 0 Å². The molecule has 1 saturated heterocycles. The van der Waals surface area contributed by atoms with E-state index in [1.54, 1.807) is 0 Å². The summed E-state index contributed by atoms with van der Waals surface area (Å²) in [6.07, 6.45) is 2.25. The summed E-state index contributed by atoms with van der Waals surface area (Å²) in [7, 11) is 2.18. The van der Waals surface area contributed by atoms with Gasteiger partial charge in [-0.3, -0.25) is 0 Å². The van der Waals surface area contributed by atoms with Gasteiger partial charge in [0.25, 0.3) is 0 Å². The largest absolute Gasteiger partial charge is 0.304 e. The van der Waals surface area contributed by atoms with Crippen molar-refractivity contribution in [2.45, 2.75) is 0 Å². The highest BCUT2D eigenvalue weighted by Crippen LogP contribution is 2.13. The average Bonchev–Trinajstić information content (AvgIpc) is 2.28. The molecule has 0 aliphatic carbocycles. The molecule has 1 aromatic carbocycles. The Bertz CT molecular complexity index is 332. The summed E-state index contributed by atoms with van der Waals surface area (Å²) < 4.78 is 0. The van der Waals surface area contributed by atoms with Crippen LogP contribution in [0.1, 0.15) is 5.56 Å². The van der Waals surface area contributed by atoms with Gasteiger partial charge in [-0.1, -0.05) is 23.7 Å². The van der Waals surface area contributed by atoms with E-state index in [2.05, 4.69) is 29.3 Å². The van der Waals surface area contributed by atoms with Crippen LogP contribution in [-0.2, 0) is 0 Å². The predicted molar refractivity (Wildman–Crippen MR) is 68.8 cm³/mol. The van der Waals surface area contributed by atoms with Crippen molar-refractivity contribution in [2.75, 3.05) is 39.8 Å². The fraction of sp³-hybridized carbons (Fsp3) is 0.462. The van der Waals surface area contributed by atoms with Crippen LogP contribution in [0.2, 0.25) is 5.02 Å². The Labute approximate surface area is 103 Å². The zero-order valence-electron chi connectivity index (χ0n) is 9.69. The number of piperazine rings is 1. The van der Waals surface area contributed by atoms with Crippen molar-refractivity contribution >= 4 is 11.6 Å². The third kappa shape index (κ3) is 3.48. The van der Waals surface area contributed by atoms with Crippen molar-refractivity contribution in [2.24, 2.45) is 0 Å². The molecule has 1 heterocycles. The van der Waals surface area contributed by atoms with Crippen LogP contribution in [0.15, 0.2) is 24.3 Å². The van der Waals surface area contributed by atoms with Gasteiger partial charge in [-0.15, -0.1) is 0 Å². The van der Waals surface area contributed by atoms with Crippen molar-refractivity contribution in [1.82, 2.24) is 9.80 Å². The maximum atomic E-state index is 5.95. The van der Waals surface area contributed by atoms with Gasteiger partial charge in [0.05, 0.1) is 0 Å². The molecule has 1 aromatic rings. The normalized spacial score (nSPS) is 18.9. The van der Waals surface area contributed by atoms with E-state index in [-0.39, 0.29) is 0 Å². The first-order valence-corrected chi connectivity index (χ1v) is 6.11. The van der Waals surface area contributed by atoms with Gasteiger partial charge in [-0.25, -0.2) is 0 Å². The number of hydrogen-bond acceptors (Lipinski definition) is 2. The topological polar surface area (TPSA) is 6.48 Å². The standard InChI is InChI=1S/C13H18ClN2/c1-15-7-9-16(10-8-15)6-5-12-3-2-4-13(14)11-12/h2-5,11H,6-10H2,1H3. The Morgan fingerprint density at radius 3 is 2.69 bits per heavy atom. The van der Waals surface area contributed by atoms with Gasteiger partial charge in [0, 0.05) is 44.2 Å². The molecule has 0 saturated carbocycles. The minimum absolute atomic E-state index is 0.812. The van der Waals surface area contributed by atoms with Crippen molar-refractivity contribution in [1.29, 1.82) is 0 Å². The van der Waals surface area contributed by atoms with Crippen LogP contribution in [0.5, 0.6) is 0 Å². The second-order valence-electron chi connectivity index (χ2n) is 4.36.